The summed E-state index contributed by atoms with van der Waals surface area (Å²) in [6.07, 6.45) is -0.155. The van der Waals surface area contributed by atoms with Crippen molar-refractivity contribution in [3.63, 3.8) is 0 Å². The first-order valence-electron chi connectivity index (χ1n) is 8.24. The molecule has 3 N–H and O–H groups in total. The summed E-state index contributed by atoms with van der Waals surface area (Å²) in [6.45, 7) is -0.396. The number of nitro groups is 1. The van der Waals surface area contributed by atoms with Crippen molar-refractivity contribution in [1.29, 1.82) is 0 Å². The number of carbonyl (C=O) groups excluding carboxylic acids is 3. The topological polar surface area (TPSA) is 140 Å². The van der Waals surface area contributed by atoms with E-state index >= 15 is 0 Å². The summed E-state index contributed by atoms with van der Waals surface area (Å²) < 4.78 is 5.15. The van der Waals surface area contributed by atoms with Crippen molar-refractivity contribution in [3.8, 4) is 5.75 Å². The Balaban J connectivity index is 1.63. The van der Waals surface area contributed by atoms with Crippen molar-refractivity contribution < 1.29 is 24.0 Å². The van der Waals surface area contributed by atoms with E-state index in [9.17, 15) is 24.5 Å². The lowest BCUT2D eigenvalue weighted by atomic mass is 10.2. The normalized spacial score (nSPS) is 9.86. The predicted octanol–water partition coefficient (Wildman–Crippen LogP) is 1.54. The first kappa shape index (κ1) is 20.4. The summed E-state index contributed by atoms with van der Waals surface area (Å²) in [7, 11) is 0. The fraction of sp³-hybridized carbons (Fsp3) is 0.167. The van der Waals surface area contributed by atoms with Crippen LogP contribution in [-0.2, 0) is 14.4 Å². The summed E-state index contributed by atoms with van der Waals surface area (Å²) in [6, 6.07) is 14.0. The minimum atomic E-state index is -0.625. The third-order valence-corrected chi connectivity index (χ3v) is 3.40. The molecule has 0 saturated carbocycles. The Hall–Kier alpha value is -3.95. The molecule has 28 heavy (non-hydrogen) atoms. The fourth-order valence-corrected chi connectivity index (χ4v) is 2.02. The van der Waals surface area contributed by atoms with E-state index in [0.717, 1.165) is 0 Å². The van der Waals surface area contributed by atoms with Crippen LogP contribution >= 0.6 is 0 Å². The van der Waals surface area contributed by atoms with Crippen LogP contribution in [0.4, 0.5) is 11.4 Å². The molecule has 0 bridgehead atoms. The number of hydrazine groups is 1. The number of amides is 3. The molecule has 3 amide bonds. The Kier molecular flexibility index (Phi) is 7.46. The zero-order valence-electron chi connectivity index (χ0n) is 14.7. The maximum Gasteiger partial charge on any atom is 0.276 e. The molecule has 10 nitrogen and oxygen atoms in total. The molecule has 0 aromatic heterocycles. The molecule has 0 fully saturated rings. The third-order valence-electron chi connectivity index (χ3n) is 3.40. The monoisotopic (exact) mass is 386 g/mol. The SMILES string of the molecule is O=C(CCC(=O)Nc1ccccc1)NNC(=O)COc1ccc([N+](=O)[O-])cc1. The number of carbonyl (C=O) groups is 3. The second-order valence-corrected chi connectivity index (χ2v) is 5.55. The van der Waals surface area contributed by atoms with Crippen molar-refractivity contribution in [1.82, 2.24) is 10.9 Å². The minimum Gasteiger partial charge on any atom is -0.484 e. The summed E-state index contributed by atoms with van der Waals surface area (Å²) in [5, 5.41) is 13.2. The minimum absolute atomic E-state index is 0.0457. The van der Waals surface area contributed by atoms with Gasteiger partial charge in [0.05, 0.1) is 4.92 Å². The molecule has 0 atom stereocenters. The number of ether oxygens (including phenoxy) is 1. The summed E-state index contributed by atoms with van der Waals surface area (Å²) >= 11 is 0. The van der Waals surface area contributed by atoms with Crippen LogP contribution in [0.2, 0.25) is 0 Å². The largest absolute Gasteiger partial charge is 0.484 e. The van der Waals surface area contributed by atoms with Gasteiger partial charge in [-0.25, -0.2) is 0 Å². The molecule has 10 heteroatoms. The lowest BCUT2D eigenvalue weighted by molar-refractivity contribution is -0.384. The van der Waals surface area contributed by atoms with Crippen molar-refractivity contribution in [2.45, 2.75) is 12.8 Å². The van der Waals surface area contributed by atoms with Gasteiger partial charge in [-0.15, -0.1) is 0 Å². The van der Waals surface area contributed by atoms with Gasteiger partial charge in [0.1, 0.15) is 5.75 Å². The second kappa shape index (κ2) is 10.3. The molecule has 2 rings (SSSR count). The van der Waals surface area contributed by atoms with Gasteiger partial charge >= 0.3 is 0 Å². The van der Waals surface area contributed by atoms with Crippen LogP contribution in [0.3, 0.4) is 0 Å². The highest BCUT2D eigenvalue weighted by Crippen LogP contribution is 2.17. The van der Waals surface area contributed by atoms with Crippen molar-refractivity contribution in [2.24, 2.45) is 0 Å². The van der Waals surface area contributed by atoms with Gasteiger partial charge in [0.25, 0.3) is 11.6 Å². The maximum atomic E-state index is 11.7. The number of nitrogens with zero attached hydrogens (tertiary/aromatic N) is 1. The summed E-state index contributed by atoms with van der Waals surface area (Å²) in [5.41, 5.74) is 4.86. The zero-order chi connectivity index (χ0) is 20.4. The van der Waals surface area contributed by atoms with E-state index in [-0.39, 0.29) is 30.2 Å². The number of rotatable bonds is 8. The standard InChI is InChI=1S/C18H18N4O6/c23-16(19-13-4-2-1-3-5-13)10-11-17(24)20-21-18(25)12-28-15-8-6-14(7-9-15)22(26)27/h1-9H,10-12H2,(H,19,23)(H,20,24)(H,21,25). The number of anilines is 1. The lowest BCUT2D eigenvalue weighted by Gasteiger charge is -2.09. The van der Waals surface area contributed by atoms with E-state index in [1.807, 2.05) is 6.07 Å². The van der Waals surface area contributed by atoms with Crippen LogP contribution in [0, 0.1) is 10.1 Å². The van der Waals surface area contributed by atoms with Crippen molar-refractivity contribution >= 4 is 29.1 Å². The predicted molar refractivity (Wildman–Crippen MR) is 99.2 cm³/mol. The van der Waals surface area contributed by atoms with E-state index < -0.39 is 23.3 Å². The molecular weight excluding hydrogens is 368 g/mol. The van der Waals surface area contributed by atoms with Crippen LogP contribution in [0.15, 0.2) is 54.6 Å². The fourth-order valence-electron chi connectivity index (χ4n) is 2.02. The van der Waals surface area contributed by atoms with Crippen LogP contribution in [0.1, 0.15) is 12.8 Å². The molecule has 2 aromatic rings. The number of hydrogen-bond donors (Lipinski definition) is 3. The molecule has 0 aliphatic rings. The molecular formula is C18H18N4O6. The van der Waals surface area contributed by atoms with Gasteiger partial charge in [-0.1, -0.05) is 18.2 Å². The van der Waals surface area contributed by atoms with Crippen LogP contribution in [0.25, 0.3) is 0 Å². The summed E-state index contributed by atoms with van der Waals surface area (Å²) in [5.74, 6) is -1.22. The number of hydrogen-bond acceptors (Lipinski definition) is 6. The molecule has 0 heterocycles. The first-order valence-corrected chi connectivity index (χ1v) is 8.24. The number of benzene rings is 2. The van der Waals surface area contributed by atoms with Gasteiger partial charge in [0.15, 0.2) is 6.61 Å². The van der Waals surface area contributed by atoms with Gasteiger partial charge in [0.2, 0.25) is 11.8 Å². The van der Waals surface area contributed by atoms with E-state index in [1.54, 1.807) is 24.3 Å². The van der Waals surface area contributed by atoms with Gasteiger partial charge in [-0.2, -0.15) is 0 Å². The Morgan fingerprint density at radius 2 is 1.46 bits per heavy atom. The molecule has 0 saturated heterocycles. The Bertz CT molecular complexity index is 839. The highest BCUT2D eigenvalue weighted by atomic mass is 16.6. The van der Waals surface area contributed by atoms with Crippen molar-refractivity contribution in [2.75, 3.05) is 11.9 Å². The highest BCUT2D eigenvalue weighted by Gasteiger charge is 2.10. The quantitative estimate of drug-likeness (QED) is 0.464. The van der Waals surface area contributed by atoms with Gasteiger partial charge < -0.3 is 10.1 Å². The first-order chi connectivity index (χ1) is 13.4. The van der Waals surface area contributed by atoms with E-state index in [1.165, 1.54) is 24.3 Å². The number of para-hydroxylation sites is 1. The van der Waals surface area contributed by atoms with E-state index in [2.05, 4.69) is 16.2 Å². The van der Waals surface area contributed by atoms with Gasteiger partial charge in [-0.3, -0.25) is 35.3 Å². The molecule has 0 unspecified atom stereocenters. The Morgan fingerprint density at radius 3 is 2.11 bits per heavy atom. The van der Waals surface area contributed by atoms with Crippen molar-refractivity contribution in [3.05, 3.63) is 64.7 Å². The van der Waals surface area contributed by atoms with Crippen LogP contribution in [-0.4, -0.2) is 29.3 Å². The lowest BCUT2D eigenvalue weighted by Crippen LogP contribution is -2.44. The number of non-ortho nitro benzene ring substituents is 1. The van der Waals surface area contributed by atoms with Gasteiger partial charge in [-0.05, 0) is 24.3 Å². The molecule has 2 aromatic carbocycles. The average molecular weight is 386 g/mol. The molecule has 0 radical (unpaired) electrons. The Labute approximate surface area is 160 Å². The zero-order valence-corrected chi connectivity index (χ0v) is 14.7. The second-order valence-electron chi connectivity index (χ2n) is 5.55. The average Bonchev–Trinajstić information content (AvgIpc) is 2.70. The van der Waals surface area contributed by atoms with Gasteiger partial charge in [0, 0.05) is 30.7 Å². The van der Waals surface area contributed by atoms with Crippen LogP contribution in [0.5, 0.6) is 5.75 Å². The Morgan fingerprint density at radius 1 is 0.857 bits per heavy atom. The maximum absolute atomic E-state index is 11.7. The van der Waals surface area contributed by atoms with Crippen LogP contribution < -0.4 is 20.9 Å². The summed E-state index contributed by atoms with van der Waals surface area (Å²) in [4.78, 5) is 45.0. The number of nitro benzene ring substituents is 1. The van der Waals surface area contributed by atoms with E-state index in [4.69, 9.17) is 4.74 Å². The number of nitrogens with one attached hydrogen (secondary N) is 3. The highest BCUT2D eigenvalue weighted by molar-refractivity contribution is 5.93. The molecule has 0 aliphatic carbocycles. The molecule has 0 aliphatic heterocycles. The third kappa shape index (κ3) is 7.12. The molecule has 146 valence electrons. The van der Waals surface area contributed by atoms with E-state index in [0.29, 0.717) is 5.69 Å². The smallest absolute Gasteiger partial charge is 0.276 e. The molecule has 0 spiro atoms.